The van der Waals surface area contributed by atoms with Crippen molar-refractivity contribution in [3.63, 3.8) is 0 Å². The third-order valence-corrected chi connectivity index (χ3v) is 4.26. The average molecular weight is 334 g/mol. The highest BCUT2D eigenvalue weighted by atomic mass is 79.9. The van der Waals surface area contributed by atoms with E-state index in [0.717, 1.165) is 0 Å². The molecule has 1 aromatic heterocycles. The van der Waals surface area contributed by atoms with Crippen molar-refractivity contribution in [3.8, 4) is 0 Å². The highest BCUT2D eigenvalue weighted by molar-refractivity contribution is 9.10. The van der Waals surface area contributed by atoms with Crippen LogP contribution >= 0.6 is 39.1 Å². The van der Waals surface area contributed by atoms with E-state index in [1.165, 1.54) is 12.3 Å². The number of anilines is 1. The van der Waals surface area contributed by atoms with E-state index in [0.29, 0.717) is 9.50 Å². The van der Waals surface area contributed by atoms with Crippen LogP contribution in [0.4, 0.5) is 5.82 Å². The fourth-order valence-corrected chi connectivity index (χ4v) is 2.50. The highest BCUT2D eigenvalue weighted by Gasteiger charge is 2.10. The summed E-state index contributed by atoms with van der Waals surface area (Å²) in [6.45, 7) is 0. The van der Waals surface area contributed by atoms with Gasteiger partial charge in [0.2, 0.25) is 10.0 Å². The quantitative estimate of drug-likeness (QED) is 0.861. The monoisotopic (exact) mass is 332 g/mol. The van der Waals surface area contributed by atoms with E-state index in [4.69, 9.17) is 23.2 Å². The number of halogens is 3. The van der Waals surface area contributed by atoms with Gasteiger partial charge in [-0.15, -0.1) is 11.6 Å². The molecule has 0 fully saturated rings. The van der Waals surface area contributed by atoms with Gasteiger partial charge in [-0.1, -0.05) is 11.6 Å². The zero-order chi connectivity index (χ0) is 11.5. The Morgan fingerprint density at radius 1 is 1.53 bits per heavy atom. The molecule has 15 heavy (non-hydrogen) atoms. The number of nitrogens with zero attached hydrogens (tertiary/aromatic N) is 1. The maximum Gasteiger partial charge on any atom is 0.235 e. The third kappa shape index (κ3) is 4.14. The van der Waals surface area contributed by atoms with Crippen molar-refractivity contribution in [2.45, 2.75) is 0 Å². The van der Waals surface area contributed by atoms with Crippen molar-refractivity contribution < 1.29 is 8.42 Å². The Labute approximate surface area is 106 Å². The van der Waals surface area contributed by atoms with E-state index < -0.39 is 10.0 Å². The SMILES string of the molecule is O=S(=O)(CCCl)Nc1cc(Cl)c(Br)cn1. The minimum atomic E-state index is -3.43. The Kier molecular flexibility index (Phi) is 4.64. The van der Waals surface area contributed by atoms with Crippen molar-refractivity contribution >= 4 is 55.0 Å². The third-order valence-electron chi connectivity index (χ3n) is 1.41. The van der Waals surface area contributed by atoms with Crippen LogP contribution < -0.4 is 4.72 Å². The van der Waals surface area contributed by atoms with Crippen LogP contribution in [0.2, 0.25) is 5.02 Å². The number of nitrogens with one attached hydrogen (secondary N) is 1. The molecule has 0 radical (unpaired) electrons. The molecule has 0 amide bonds. The lowest BCUT2D eigenvalue weighted by Crippen LogP contribution is -2.18. The Balaban J connectivity index is 2.86. The molecule has 0 aliphatic heterocycles. The molecule has 1 heterocycles. The summed E-state index contributed by atoms with van der Waals surface area (Å²) in [7, 11) is -3.43. The highest BCUT2D eigenvalue weighted by Crippen LogP contribution is 2.23. The molecule has 1 N–H and O–H groups in total. The van der Waals surface area contributed by atoms with Crippen LogP contribution in [-0.4, -0.2) is 25.0 Å². The Bertz CT molecular complexity index is 452. The van der Waals surface area contributed by atoms with E-state index in [2.05, 4.69) is 25.6 Å². The van der Waals surface area contributed by atoms with Crippen molar-refractivity contribution in [1.82, 2.24) is 4.98 Å². The zero-order valence-corrected chi connectivity index (χ0v) is 11.3. The summed E-state index contributed by atoms with van der Waals surface area (Å²) >= 11 is 14.3. The molecule has 4 nitrogen and oxygen atoms in total. The lowest BCUT2D eigenvalue weighted by atomic mass is 10.5. The van der Waals surface area contributed by atoms with Crippen LogP contribution in [0.5, 0.6) is 0 Å². The molecule has 0 saturated carbocycles. The van der Waals surface area contributed by atoms with Gasteiger partial charge in [-0.05, 0) is 15.9 Å². The summed E-state index contributed by atoms with van der Waals surface area (Å²) in [5.74, 6) is 0.0390. The number of hydrogen-bond donors (Lipinski definition) is 1. The van der Waals surface area contributed by atoms with Gasteiger partial charge < -0.3 is 0 Å². The first-order chi connectivity index (χ1) is 6.94. The van der Waals surface area contributed by atoms with Crippen molar-refractivity contribution in [2.75, 3.05) is 16.4 Å². The molecule has 0 spiro atoms. The van der Waals surface area contributed by atoms with E-state index in [9.17, 15) is 8.42 Å². The van der Waals surface area contributed by atoms with Gasteiger partial charge in [-0.2, -0.15) is 0 Å². The molecule has 0 aromatic carbocycles. The van der Waals surface area contributed by atoms with Gasteiger partial charge in [0.15, 0.2) is 0 Å². The predicted octanol–water partition coefficient (Wildman–Crippen LogP) is 2.48. The van der Waals surface area contributed by atoms with Crippen LogP contribution in [-0.2, 0) is 10.0 Å². The Morgan fingerprint density at radius 3 is 2.73 bits per heavy atom. The molecular weight excluding hydrogens is 327 g/mol. The van der Waals surface area contributed by atoms with Crippen molar-refractivity contribution in [2.24, 2.45) is 0 Å². The van der Waals surface area contributed by atoms with Crippen LogP contribution in [0.3, 0.4) is 0 Å². The molecular formula is C7H7BrCl2N2O2S. The standard InChI is InChI=1S/C7H7BrCl2N2O2S/c8-5-4-11-7(3-6(5)10)12-15(13,14)2-1-9/h3-4H,1-2H2,(H,11,12). The first-order valence-electron chi connectivity index (χ1n) is 3.82. The minimum Gasteiger partial charge on any atom is -0.267 e. The maximum absolute atomic E-state index is 11.3. The fourth-order valence-electron chi connectivity index (χ4n) is 0.782. The summed E-state index contributed by atoms with van der Waals surface area (Å²) < 4.78 is 25.5. The van der Waals surface area contributed by atoms with Gasteiger partial charge >= 0.3 is 0 Å². The second-order valence-electron chi connectivity index (χ2n) is 2.59. The van der Waals surface area contributed by atoms with Crippen molar-refractivity contribution in [3.05, 3.63) is 21.8 Å². The molecule has 0 bridgehead atoms. The number of alkyl halides is 1. The van der Waals surface area contributed by atoms with E-state index in [-0.39, 0.29) is 17.5 Å². The molecule has 0 unspecified atom stereocenters. The Hall–Kier alpha value is -0.0400. The summed E-state index contributed by atoms with van der Waals surface area (Å²) in [4.78, 5) is 3.84. The molecule has 84 valence electrons. The Morgan fingerprint density at radius 2 is 2.20 bits per heavy atom. The summed E-state index contributed by atoms with van der Waals surface area (Å²) in [6, 6.07) is 1.41. The lowest BCUT2D eigenvalue weighted by Gasteiger charge is -2.06. The van der Waals surface area contributed by atoms with Crippen LogP contribution in [0, 0.1) is 0 Å². The van der Waals surface area contributed by atoms with Gasteiger partial charge in [0.05, 0.1) is 15.2 Å². The largest absolute Gasteiger partial charge is 0.267 e. The predicted molar refractivity (Wildman–Crippen MR) is 65.1 cm³/mol. The maximum atomic E-state index is 11.3. The second-order valence-corrected chi connectivity index (χ2v) is 6.07. The molecule has 8 heteroatoms. The first-order valence-corrected chi connectivity index (χ1v) is 7.18. The molecule has 1 rings (SSSR count). The van der Waals surface area contributed by atoms with Gasteiger partial charge in [0.25, 0.3) is 0 Å². The molecule has 1 aromatic rings. The normalized spacial score (nSPS) is 11.4. The summed E-state index contributed by atoms with van der Waals surface area (Å²) in [5, 5.41) is 0.383. The van der Waals surface area contributed by atoms with Gasteiger partial charge in [0, 0.05) is 18.1 Å². The molecule has 0 atom stereocenters. The van der Waals surface area contributed by atoms with E-state index >= 15 is 0 Å². The van der Waals surface area contributed by atoms with Gasteiger partial charge in [-0.3, -0.25) is 4.72 Å². The minimum absolute atomic E-state index is 0.0274. The van der Waals surface area contributed by atoms with Gasteiger partial charge in [-0.25, -0.2) is 13.4 Å². The average Bonchev–Trinajstić information content (AvgIpc) is 2.10. The lowest BCUT2D eigenvalue weighted by molar-refractivity contribution is 0.602. The first kappa shape index (κ1) is 13.0. The molecule has 0 aliphatic rings. The number of pyridine rings is 1. The number of hydrogen-bond acceptors (Lipinski definition) is 3. The summed E-state index contributed by atoms with van der Waals surface area (Å²) in [6.07, 6.45) is 1.42. The molecule has 0 aliphatic carbocycles. The topological polar surface area (TPSA) is 59.1 Å². The number of aromatic nitrogens is 1. The number of sulfonamides is 1. The smallest absolute Gasteiger partial charge is 0.235 e. The van der Waals surface area contributed by atoms with Crippen LogP contribution in [0.15, 0.2) is 16.7 Å². The zero-order valence-electron chi connectivity index (χ0n) is 7.37. The second kappa shape index (κ2) is 5.34. The van der Waals surface area contributed by atoms with Crippen LogP contribution in [0.1, 0.15) is 0 Å². The fraction of sp³-hybridized carbons (Fsp3) is 0.286. The number of rotatable bonds is 4. The van der Waals surface area contributed by atoms with Crippen LogP contribution in [0.25, 0.3) is 0 Å². The summed E-state index contributed by atoms with van der Waals surface area (Å²) in [5.41, 5.74) is 0. The molecule has 0 saturated heterocycles. The van der Waals surface area contributed by atoms with Gasteiger partial charge in [0.1, 0.15) is 5.82 Å². The van der Waals surface area contributed by atoms with E-state index in [1.807, 2.05) is 0 Å². The van der Waals surface area contributed by atoms with Crippen molar-refractivity contribution in [1.29, 1.82) is 0 Å². The van der Waals surface area contributed by atoms with E-state index in [1.54, 1.807) is 0 Å².